The number of primary amides is 1. The van der Waals surface area contributed by atoms with Crippen LogP contribution in [0.15, 0.2) is 60.7 Å². The SMILES string of the molecule is CCOC(C(=O)NCc1ccc(C(=N)NO)cc1)c1c(F)cc(-c2ccccc2OCC(N)=O)cc1F. The molecule has 37 heavy (non-hydrogen) atoms. The van der Waals surface area contributed by atoms with Crippen molar-refractivity contribution in [3.63, 3.8) is 0 Å². The fraction of sp³-hybridized carbons (Fsp3) is 0.192. The van der Waals surface area contributed by atoms with Crippen molar-refractivity contribution in [3.05, 3.63) is 89.0 Å². The second kappa shape index (κ2) is 12.6. The van der Waals surface area contributed by atoms with Crippen LogP contribution in [0.1, 0.15) is 29.7 Å². The van der Waals surface area contributed by atoms with Crippen molar-refractivity contribution >= 4 is 17.6 Å². The minimum Gasteiger partial charge on any atom is -0.483 e. The highest BCUT2D eigenvalue weighted by Crippen LogP contribution is 2.34. The molecule has 194 valence electrons. The van der Waals surface area contributed by atoms with Crippen molar-refractivity contribution in [2.75, 3.05) is 13.2 Å². The number of para-hydroxylation sites is 1. The maximum atomic E-state index is 15.2. The van der Waals surface area contributed by atoms with E-state index in [1.165, 1.54) is 6.07 Å². The molecule has 0 fully saturated rings. The summed E-state index contributed by atoms with van der Waals surface area (Å²) in [6.45, 7) is 1.25. The molecule has 0 heterocycles. The maximum Gasteiger partial charge on any atom is 0.255 e. The molecule has 0 radical (unpaired) electrons. The zero-order valence-corrected chi connectivity index (χ0v) is 19.9. The predicted molar refractivity (Wildman–Crippen MR) is 131 cm³/mol. The summed E-state index contributed by atoms with van der Waals surface area (Å²) < 4.78 is 41.2. The number of carbonyl (C=O) groups is 2. The van der Waals surface area contributed by atoms with E-state index in [2.05, 4.69) is 5.32 Å². The molecule has 0 aliphatic rings. The van der Waals surface area contributed by atoms with E-state index in [0.29, 0.717) is 16.7 Å². The molecule has 0 saturated carbocycles. The van der Waals surface area contributed by atoms with E-state index in [0.717, 1.165) is 12.1 Å². The molecule has 3 aromatic carbocycles. The van der Waals surface area contributed by atoms with Gasteiger partial charge in [0.15, 0.2) is 12.7 Å². The van der Waals surface area contributed by atoms with Crippen LogP contribution in [0.5, 0.6) is 5.75 Å². The third kappa shape index (κ3) is 6.87. The number of benzene rings is 3. The fourth-order valence-corrected chi connectivity index (χ4v) is 3.56. The van der Waals surface area contributed by atoms with Crippen LogP contribution in [-0.2, 0) is 20.9 Å². The second-order valence-corrected chi connectivity index (χ2v) is 7.84. The predicted octanol–water partition coefficient (Wildman–Crippen LogP) is 3.19. The highest BCUT2D eigenvalue weighted by Gasteiger charge is 2.28. The Morgan fingerprint density at radius 3 is 2.32 bits per heavy atom. The zero-order valence-electron chi connectivity index (χ0n) is 19.9. The normalized spacial score (nSPS) is 11.5. The van der Waals surface area contributed by atoms with Crippen molar-refractivity contribution in [1.82, 2.24) is 10.8 Å². The number of ether oxygens (including phenoxy) is 2. The van der Waals surface area contributed by atoms with E-state index in [4.69, 9.17) is 25.8 Å². The van der Waals surface area contributed by atoms with Gasteiger partial charge in [-0.1, -0.05) is 42.5 Å². The Balaban J connectivity index is 1.83. The Morgan fingerprint density at radius 2 is 1.73 bits per heavy atom. The third-order valence-electron chi connectivity index (χ3n) is 5.30. The summed E-state index contributed by atoms with van der Waals surface area (Å²) in [7, 11) is 0. The molecule has 0 aliphatic carbocycles. The third-order valence-corrected chi connectivity index (χ3v) is 5.30. The highest BCUT2D eigenvalue weighted by molar-refractivity contribution is 5.95. The van der Waals surface area contributed by atoms with Gasteiger partial charge in [-0.15, -0.1) is 0 Å². The molecular weight excluding hydrogens is 486 g/mol. The van der Waals surface area contributed by atoms with Crippen LogP contribution < -0.4 is 21.3 Å². The van der Waals surface area contributed by atoms with Crippen LogP contribution in [0.4, 0.5) is 8.78 Å². The topological polar surface area (TPSA) is 147 Å². The van der Waals surface area contributed by atoms with Gasteiger partial charge in [0.25, 0.3) is 11.8 Å². The Hall–Kier alpha value is -4.35. The van der Waals surface area contributed by atoms with E-state index in [-0.39, 0.29) is 30.3 Å². The molecule has 0 bridgehead atoms. The first kappa shape index (κ1) is 27.2. The summed E-state index contributed by atoms with van der Waals surface area (Å²) in [5.41, 5.74) is 7.86. The lowest BCUT2D eigenvalue weighted by Gasteiger charge is -2.20. The molecule has 3 rings (SSSR count). The van der Waals surface area contributed by atoms with Crippen LogP contribution in [0.3, 0.4) is 0 Å². The van der Waals surface area contributed by atoms with Gasteiger partial charge < -0.3 is 20.5 Å². The fourth-order valence-electron chi connectivity index (χ4n) is 3.56. The van der Waals surface area contributed by atoms with Gasteiger partial charge in [0.1, 0.15) is 23.2 Å². The van der Waals surface area contributed by atoms with Gasteiger partial charge in [0.05, 0.1) is 5.56 Å². The Bertz CT molecular complexity index is 1260. The number of amides is 2. The minimum absolute atomic E-state index is 0.0213. The standard InChI is InChI=1S/C26H26F2N4O5/c1-2-36-24(26(34)31-13-15-7-9-16(10-8-15)25(30)32-35)23-19(27)11-17(12-20(23)28)18-5-3-4-6-21(18)37-14-22(29)33/h3-12,24,35H,2,13-14H2,1H3,(H2,29,33)(H2,30,32)(H,31,34). The molecule has 0 aromatic heterocycles. The summed E-state index contributed by atoms with van der Waals surface area (Å²) in [6, 6.07) is 14.9. The monoisotopic (exact) mass is 512 g/mol. The molecule has 0 spiro atoms. The molecule has 0 aliphatic heterocycles. The summed E-state index contributed by atoms with van der Waals surface area (Å²) in [5, 5.41) is 18.9. The summed E-state index contributed by atoms with van der Waals surface area (Å²) in [5.74, 6) is -3.41. The Labute approximate surface area is 211 Å². The highest BCUT2D eigenvalue weighted by atomic mass is 19.1. The van der Waals surface area contributed by atoms with Gasteiger partial charge in [-0.05, 0) is 36.2 Å². The molecule has 2 amide bonds. The van der Waals surface area contributed by atoms with Crippen molar-refractivity contribution in [2.24, 2.45) is 5.73 Å². The minimum atomic E-state index is -1.55. The first-order valence-electron chi connectivity index (χ1n) is 11.2. The number of halogens is 2. The van der Waals surface area contributed by atoms with E-state index in [1.54, 1.807) is 54.9 Å². The van der Waals surface area contributed by atoms with Crippen molar-refractivity contribution in [1.29, 1.82) is 5.41 Å². The molecule has 0 saturated heterocycles. The lowest BCUT2D eigenvalue weighted by atomic mass is 9.99. The van der Waals surface area contributed by atoms with Gasteiger partial charge >= 0.3 is 0 Å². The molecule has 6 N–H and O–H groups in total. The molecule has 11 heteroatoms. The van der Waals surface area contributed by atoms with Crippen LogP contribution in [0.2, 0.25) is 0 Å². The number of carbonyl (C=O) groups excluding carboxylic acids is 2. The molecular formula is C26H26F2N4O5. The molecule has 1 atom stereocenters. The number of hydroxylamine groups is 1. The number of nitrogens with two attached hydrogens (primary N) is 1. The van der Waals surface area contributed by atoms with Gasteiger partial charge in [-0.2, -0.15) is 0 Å². The Kier molecular flexibility index (Phi) is 9.25. The molecule has 3 aromatic rings. The van der Waals surface area contributed by atoms with Gasteiger partial charge in [0.2, 0.25) is 0 Å². The zero-order chi connectivity index (χ0) is 26.9. The number of nitrogens with one attached hydrogen (secondary N) is 3. The van der Waals surface area contributed by atoms with Crippen LogP contribution >= 0.6 is 0 Å². The van der Waals surface area contributed by atoms with E-state index < -0.39 is 41.7 Å². The van der Waals surface area contributed by atoms with Gasteiger partial charge in [0, 0.05) is 24.3 Å². The van der Waals surface area contributed by atoms with Crippen LogP contribution in [-0.4, -0.2) is 36.1 Å². The summed E-state index contributed by atoms with van der Waals surface area (Å²) in [6.07, 6.45) is -1.55. The smallest absolute Gasteiger partial charge is 0.255 e. The number of amidine groups is 1. The number of rotatable bonds is 11. The van der Waals surface area contributed by atoms with Crippen molar-refractivity contribution < 1.29 is 33.1 Å². The van der Waals surface area contributed by atoms with Gasteiger partial charge in [-0.25, -0.2) is 8.78 Å². The van der Waals surface area contributed by atoms with E-state index >= 15 is 8.78 Å². The first-order chi connectivity index (χ1) is 17.7. The maximum absolute atomic E-state index is 15.2. The van der Waals surface area contributed by atoms with E-state index in [1.807, 2.05) is 0 Å². The first-order valence-corrected chi connectivity index (χ1v) is 11.2. The van der Waals surface area contributed by atoms with Crippen LogP contribution in [0.25, 0.3) is 11.1 Å². The lowest BCUT2D eigenvalue weighted by Crippen LogP contribution is -2.31. The van der Waals surface area contributed by atoms with Gasteiger partial charge in [-0.3, -0.25) is 25.7 Å². The van der Waals surface area contributed by atoms with E-state index in [9.17, 15) is 9.59 Å². The average molecular weight is 513 g/mol. The largest absolute Gasteiger partial charge is 0.483 e. The van der Waals surface area contributed by atoms with Crippen molar-refractivity contribution in [3.8, 4) is 16.9 Å². The number of hydrogen-bond acceptors (Lipinski definition) is 6. The summed E-state index contributed by atoms with van der Waals surface area (Å²) >= 11 is 0. The second-order valence-electron chi connectivity index (χ2n) is 7.84. The molecule has 9 nitrogen and oxygen atoms in total. The average Bonchev–Trinajstić information content (AvgIpc) is 2.89. The Morgan fingerprint density at radius 1 is 1.08 bits per heavy atom. The quantitative estimate of drug-likeness (QED) is 0.151. The number of hydrogen-bond donors (Lipinski definition) is 5. The molecule has 1 unspecified atom stereocenters. The van der Waals surface area contributed by atoms with Crippen LogP contribution in [0, 0.1) is 17.0 Å². The lowest BCUT2D eigenvalue weighted by molar-refractivity contribution is -0.133. The van der Waals surface area contributed by atoms with Crippen molar-refractivity contribution in [2.45, 2.75) is 19.6 Å². The summed E-state index contributed by atoms with van der Waals surface area (Å²) in [4.78, 5) is 24.0.